The molecule has 1 aromatic carbocycles. The van der Waals surface area contributed by atoms with Gasteiger partial charge in [0.2, 0.25) is 11.8 Å². The summed E-state index contributed by atoms with van der Waals surface area (Å²) in [6.45, 7) is 8.46. The largest absolute Gasteiger partial charge is 0.352 e. The molecule has 1 aromatic heterocycles. The van der Waals surface area contributed by atoms with Gasteiger partial charge in [-0.1, -0.05) is 48.4 Å². The van der Waals surface area contributed by atoms with Crippen molar-refractivity contribution in [1.29, 1.82) is 0 Å². The Labute approximate surface area is 193 Å². The highest BCUT2D eigenvalue weighted by Crippen LogP contribution is 2.25. The molecule has 0 bridgehead atoms. The van der Waals surface area contributed by atoms with E-state index in [9.17, 15) is 9.59 Å². The molecule has 8 heteroatoms. The molecule has 0 aliphatic carbocycles. The Balaban J connectivity index is 1.70. The molecule has 2 atom stereocenters. The van der Waals surface area contributed by atoms with Crippen LogP contribution >= 0.6 is 23.4 Å². The molecule has 6 nitrogen and oxygen atoms in total. The van der Waals surface area contributed by atoms with Crippen molar-refractivity contribution in [2.24, 2.45) is 0 Å². The molecule has 3 rings (SSSR count). The molecule has 2 aromatic rings. The van der Waals surface area contributed by atoms with Crippen LogP contribution in [0.4, 0.5) is 0 Å². The average molecular weight is 461 g/mol. The molecule has 2 amide bonds. The van der Waals surface area contributed by atoms with Crippen LogP contribution in [0.15, 0.2) is 30.3 Å². The van der Waals surface area contributed by atoms with Crippen LogP contribution in [0.3, 0.4) is 0 Å². The summed E-state index contributed by atoms with van der Waals surface area (Å²) >= 11 is 8.15. The molecule has 31 heavy (non-hydrogen) atoms. The molecule has 166 valence electrons. The summed E-state index contributed by atoms with van der Waals surface area (Å²) in [6.07, 6.45) is 4.04. The lowest BCUT2D eigenvalue weighted by molar-refractivity contribution is -0.135. The number of nitrogens with one attached hydrogen (secondary N) is 1. The number of halogens is 1. The number of rotatable bonds is 7. The van der Waals surface area contributed by atoms with Crippen LogP contribution in [0, 0.1) is 13.8 Å². The molecule has 0 radical (unpaired) electrons. The van der Waals surface area contributed by atoms with Crippen molar-refractivity contribution in [3.05, 3.63) is 57.9 Å². The molecule has 0 saturated carbocycles. The van der Waals surface area contributed by atoms with Crippen molar-refractivity contribution in [3.8, 4) is 0 Å². The monoisotopic (exact) mass is 460 g/mol. The van der Waals surface area contributed by atoms with Gasteiger partial charge in [0.25, 0.3) is 0 Å². The van der Waals surface area contributed by atoms with E-state index >= 15 is 0 Å². The first-order valence-electron chi connectivity index (χ1n) is 10.4. The Morgan fingerprint density at radius 1 is 1.32 bits per heavy atom. The van der Waals surface area contributed by atoms with Gasteiger partial charge in [0, 0.05) is 23.4 Å². The minimum atomic E-state index is -0.447. The summed E-state index contributed by atoms with van der Waals surface area (Å²) in [5, 5.41) is 7.99. The van der Waals surface area contributed by atoms with Crippen molar-refractivity contribution >= 4 is 41.3 Å². The lowest BCUT2D eigenvalue weighted by Crippen LogP contribution is -2.48. The van der Waals surface area contributed by atoms with Crippen molar-refractivity contribution in [3.63, 3.8) is 0 Å². The molecule has 1 N–H and O–H groups in total. The molecule has 1 aliphatic rings. The molecule has 2 heterocycles. The van der Waals surface area contributed by atoms with Gasteiger partial charge >= 0.3 is 0 Å². The first-order chi connectivity index (χ1) is 14.8. The highest BCUT2D eigenvalue weighted by Gasteiger charge is 2.34. The number of aryl methyl sites for hydroxylation is 2. The summed E-state index contributed by atoms with van der Waals surface area (Å²) in [4.78, 5) is 27.0. The Morgan fingerprint density at radius 2 is 2.03 bits per heavy atom. The minimum Gasteiger partial charge on any atom is -0.352 e. The third kappa shape index (κ3) is 5.71. The SMILES string of the molecule is CCC(C)NC(=O)C1CSCN1C(=O)C=Cc1c(C)nn(Cc2ccc(C)cc2)c1Cl. The summed E-state index contributed by atoms with van der Waals surface area (Å²) in [6, 6.07) is 7.86. The van der Waals surface area contributed by atoms with Crippen LogP contribution in [0.5, 0.6) is 0 Å². The smallest absolute Gasteiger partial charge is 0.247 e. The van der Waals surface area contributed by atoms with Crippen LogP contribution < -0.4 is 5.32 Å². The minimum absolute atomic E-state index is 0.0893. The lowest BCUT2D eigenvalue weighted by atomic mass is 10.1. The second-order valence-corrected chi connectivity index (χ2v) is 9.27. The van der Waals surface area contributed by atoms with E-state index in [1.165, 1.54) is 11.6 Å². The summed E-state index contributed by atoms with van der Waals surface area (Å²) in [5.41, 5.74) is 3.77. The van der Waals surface area contributed by atoms with Crippen LogP contribution in [0.25, 0.3) is 6.08 Å². The van der Waals surface area contributed by atoms with Gasteiger partial charge in [-0.25, -0.2) is 4.68 Å². The zero-order valence-electron chi connectivity index (χ0n) is 18.4. The fourth-order valence-electron chi connectivity index (χ4n) is 3.30. The fraction of sp³-hybridized carbons (Fsp3) is 0.435. The number of benzene rings is 1. The van der Waals surface area contributed by atoms with Gasteiger partial charge in [0.15, 0.2) is 0 Å². The fourth-order valence-corrected chi connectivity index (χ4v) is 4.76. The number of aromatic nitrogens is 2. The predicted molar refractivity (Wildman–Crippen MR) is 127 cm³/mol. The van der Waals surface area contributed by atoms with Crippen molar-refractivity contribution in [2.45, 2.75) is 52.7 Å². The van der Waals surface area contributed by atoms with E-state index in [0.29, 0.717) is 23.3 Å². The molecular formula is C23H29ClN4O2S. The van der Waals surface area contributed by atoms with Crippen molar-refractivity contribution in [2.75, 3.05) is 11.6 Å². The Kier molecular flexibility index (Phi) is 7.84. The van der Waals surface area contributed by atoms with Gasteiger partial charge in [-0.2, -0.15) is 5.10 Å². The van der Waals surface area contributed by atoms with Gasteiger partial charge in [0.05, 0.1) is 18.1 Å². The number of hydrogen-bond acceptors (Lipinski definition) is 4. The number of hydrogen-bond donors (Lipinski definition) is 1. The standard InChI is InChI=1S/C23H29ClN4O2S/c1-5-16(3)25-23(30)20-13-31-14-27(20)21(29)11-10-19-17(4)26-28(22(19)24)12-18-8-6-15(2)7-9-18/h6-11,16,20H,5,12-14H2,1-4H3,(H,25,30). The molecule has 1 aliphatic heterocycles. The Morgan fingerprint density at radius 3 is 2.71 bits per heavy atom. The first-order valence-corrected chi connectivity index (χ1v) is 12.0. The van der Waals surface area contributed by atoms with E-state index in [4.69, 9.17) is 11.6 Å². The highest BCUT2D eigenvalue weighted by atomic mass is 35.5. The summed E-state index contributed by atoms with van der Waals surface area (Å²) < 4.78 is 1.74. The third-order valence-electron chi connectivity index (χ3n) is 5.42. The summed E-state index contributed by atoms with van der Waals surface area (Å²) in [5.74, 6) is 0.814. The van der Waals surface area contributed by atoms with Gasteiger partial charge in [0.1, 0.15) is 11.2 Å². The number of carbonyl (C=O) groups excluding carboxylic acids is 2. The van der Waals surface area contributed by atoms with Crippen molar-refractivity contribution in [1.82, 2.24) is 20.0 Å². The third-order valence-corrected chi connectivity index (χ3v) is 6.83. The van der Waals surface area contributed by atoms with E-state index in [2.05, 4.69) is 34.7 Å². The first kappa shape index (κ1) is 23.4. The number of amides is 2. The van der Waals surface area contributed by atoms with Crippen LogP contribution in [0.1, 0.15) is 42.7 Å². The van der Waals surface area contributed by atoms with Gasteiger partial charge in [-0.15, -0.1) is 11.8 Å². The number of carbonyl (C=O) groups is 2. The van der Waals surface area contributed by atoms with E-state index in [0.717, 1.165) is 23.2 Å². The highest BCUT2D eigenvalue weighted by molar-refractivity contribution is 7.99. The lowest BCUT2D eigenvalue weighted by Gasteiger charge is -2.23. The van der Waals surface area contributed by atoms with Crippen molar-refractivity contribution < 1.29 is 9.59 Å². The van der Waals surface area contributed by atoms with Crippen LogP contribution in [-0.2, 0) is 16.1 Å². The van der Waals surface area contributed by atoms with Gasteiger partial charge in [-0.3, -0.25) is 9.59 Å². The molecular weight excluding hydrogens is 432 g/mol. The molecule has 1 saturated heterocycles. The maximum absolute atomic E-state index is 12.8. The van der Waals surface area contributed by atoms with E-state index < -0.39 is 6.04 Å². The number of thioether (sulfide) groups is 1. The quantitative estimate of drug-likeness (QED) is 0.633. The molecule has 0 spiro atoms. The van der Waals surface area contributed by atoms with E-state index in [1.54, 1.807) is 27.4 Å². The van der Waals surface area contributed by atoms with Gasteiger partial charge in [-0.05, 0) is 38.8 Å². The van der Waals surface area contributed by atoms with E-state index in [-0.39, 0.29) is 17.9 Å². The average Bonchev–Trinajstić information content (AvgIpc) is 3.33. The molecule has 2 unspecified atom stereocenters. The zero-order valence-corrected chi connectivity index (χ0v) is 20.0. The second kappa shape index (κ2) is 10.4. The second-order valence-electron chi connectivity index (χ2n) is 7.91. The van der Waals surface area contributed by atoms with E-state index in [1.807, 2.05) is 27.7 Å². The summed E-state index contributed by atoms with van der Waals surface area (Å²) in [7, 11) is 0. The topological polar surface area (TPSA) is 67.2 Å². The zero-order chi connectivity index (χ0) is 22.5. The van der Waals surface area contributed by atoms with Crippen LogP contribution in [-0.4, -0.2) is 50.2 Å². The van der Waals surface area contributed by atoms with Crippen LogP contribution in [0.2, 0.25) is 5.15 Å². The maximum Gasteiger partial charge on any atom is 0.247 e. The number of nitrogens with zero attached hydrogens (tertiary/aromatic N) is 3. The molecule has 1 fully saturated rings. The van der Waals surface area contributed by atoms with Gasteiger partial charge < -0.3 is 10.2 Å². The maximum atomic E-state index is 12.8. The predicted octanol–water partition coefficient (Wildman–Crippen LogP) is 4.03. The Bertz CT molecular complexity index is 971. The normalized spacial score (nSPS) is 17.3. The Hall–Kier alpha value is -2.25.